The predicted molar refractivity (Wildman–Crippen MR) is 119 cm³/mol. The van der Waals surface area contributed by atoms with Crippen molar-refractivity contribution in [2.45, 2.75) is 13.8 Å². The number of hydrogen-bond acceptors (Lipinski definition) is 7. The Bertz CT molecular complexity index is 1030. The van der Waals surface area contributed by atoms with E-state index in [0.717, 1.165) is 0 Å². The first-order valence-electron chi connectivity index (χ1n) is 9.28. The van der Waals surface area contributed by atoms with Crippen LogP contribution in [0.1, 0.15) is 29.8 Å². The SMILES string of the molecule is CCOc1ccc2c(C(=O)c3cc(OC)c(OCC)c(OC)c3)cncc2c1N.Cl. The average Bonchev–Trinajstić information content (AvgIpc) is 2.75. The van der Waals surface area contributed by atoms with Crippen LogP contribution in [0.15, 0.2) is 36.7 Å². The third-order valence-corrected chi connectivity index (χ3v) is 4.50. The van der Waals surface area contributed by atoms with E-state index in [1.807, 2.05) is 19.9 Å². The number of nitrogens with two attached hydrogens (primary N) is 1. The topological polar surface area (TPSA) is 92.9 Å². The molecule has 3 aromatic rings. The molecule has 30 heavy (non-hydrogen) atoms. The molecular weight excluding hydrogens is 408 g/mol. The number of pyridine rings is 1. The van der Waals surface area contributed by atoms with Gasteiger partial charge in [0, 0.05) is 28.9 Å². The first kappa shape index (κ1) is 23.1. The normalized spacial score (nSPS) is 10.3. The van der Waals surface area contributed by atoms with Crippen LogP contribution in [-0.4, -0.2) is 38.2 Å². The lowest BCUT2D eigenvalue weighted by Gasteiger charge is -2.15. The number of ketones is 1. The number of carbonyl (C=O) groups is 1. The van der Waals surface area contributed by atoms with Gasteiger partial charge in [-0.3, -0.25) is 9.78 Å². The lowest BCUT2D eigenvalue weighted by Crippen LogP contribution is -2.07. The molecule has 0 bridgehead atoms. The molecule has 2 aromatic carbocycles. The molecule has 8 heteroatoms. The second-order valence-corrected chi connectivity index (χ2v) is 6.16. The Morgan fingerprint density at radius 3 is 2.13 bits per heavy atom. The molecule has 2 N–H and O–H groups in total. The van der Waals surface area contributed by atoms with Crippen molar-refractivity contribution >= 4 is 34.7 Å². The van der Waals surface area contributed by atoms with E-state index in [-0.39, 0.29) is 18.2 Å². The molecule has 0 spiro atoms. The van der Waals surface area contributed by atoms with Crippen molar-refractivity contribution in [3.05, 3.63) is 47.8 Å². The highest BCUT2D eigenvalue weighted by Crippen LogP contribution is 2.40. The highest BCUT2D eigenvalue weighted by atomic mass is 35.5. The van der Waals surface area contributed by atoms with E-state index in [4.69, 9.17) is 24.7 Å². The number of carbonyl (C=O) groups excluding carboxylic acids is 1. The number of rotatable bonds is 8. The van der Waals surface area contributed by atoms with Crippen molar-refractivity contribution in [3.63, 3.8) is 0 Å². The lowest BCUT2D eigenvalue weighted by atomic mass is 9.98. The average molecular weight is 433 g/mol. The van der Waals surface area contributed by atoms with Gasteiger partial charge in [-0.15, -0.1) is 12.4 Å². The molecule has 0 aliphatic rings. The first-order chi connectivity index (χ1) is 14.0. The molecule has 160 valence electrons. The number of aromatic nitrogens is 1. The summed E-state index contributed by atoms with van der Waals surface area (Å²) < 4.78 is 22.0. The van der Waals surface area contributed by atoms with Gasteiger partial charge in [0.25, 0.3) is 0 Å². The molecule has 3 rings (SSSR count). The zero-order valence-electron chi connectivity index (χ0n) is 17.4. The van der Waals surface area contributed by atoms with Gasteiger partial charge in [0.05, 0.1) is 33.1 Å². The molecule has 0 saturated carbocycles. The zero-order chi connectivity index (χ0) is 21.0. The quantitative estimate of drug-likeness (QED) is 0.419. The molecule has 0 aliphatic carbocycles. The van der Waals surface area contributed by atoms with Gasteiger partial charge in [-0.25, -0.2) is 0 Å². The Morgan fingerprint density at radius 2 is 1.57 bits per heavy atom. The number of methoxy groups -OCH3 is 2. The van der Waals surface area contributed by atoms with Crippen LogP contribution in [0.4, 0.5) is 5.69 Å². The van der Waals surface area contributed by atoms with Crippen LogP contribution in [0.25, 0.3) is 10.8 Å². The van der Waals surface area contributed by atoms with Crippen LogP contribution >= 0.6 is 12.4 Å². The summed E-state index contributed by atoms with van der Waals surface area (Å²) in [6.07, 6.45) is 3.16. The van der Waals surface area contributed by atoms with Gasteiger partial charge in [0.2, 0.25) is 5.75 Å². The number of anilines is 1. The van der Waals surface area contributed by atoms with E-state index in [9.17, 15) is 4.79 Å². The summed E-state index contributed by atoms with van der Waals surface area (Å²) in [6, 6.07) is 6.84. The molecular formula is C22H25ClN2O5. The molecule has 7 nitrogen and oxygen atoms in total. The van der Waals surface area contributed by atoms with Gasteiger partial charge in [0.15, 0.2) is 17.3 Å². The van der Waals surface area contributed by atoms with Crippen LogP contribution in [0.2, 0.25) is 0 Å². The number of nitrogen functional groups attached to an aromatic ring is 1. The van der Waals surface area contributed by atoms with Crippen LogP contribution in [-0.2, 0) is 0 Å². The van der Waals surface area contributed by atoms with Crippen LogP contribution in [0.5, 0.6) is 23.0 Å². The fraction of sp³-hybridized carbons (Fsp3) is 0.273. The summed E-state index contributed by atoms with van der Waals surface area (Å²) in [6.45, 7) is 4.68. The Balaban J connectivity index is 0.00000320. The number of ether oxygens (including phenoxy) is 4. The van der Waals surface area contributed by atoms with Gasteiger partial charge in [0.1, 0.15) is 5.75 Å². The van der Waals surface area contributed by atoms with Gasteiger partial charge < -0.3 is 24.7 Å². The maximum Gasteiger partial charge on any atom is 0.203 e. The number of hydrogen-bond donors (Lipinski definition) is 1. The first-order valence-corrected chi connectivity index (χ1v) is 9.28. The lowest BCUT2D eigenvalue weighted by molar-refractivity contribution is 0.103. The molecule has 0 atom stereocenters. The molecule has 0 saturated heterocycles. The molecule has 0 aliphatic heterocycles. The van der Waals surface area contributed by atoms with E-state index in [0.29, 0.717) is 63.8 Å². The summed E-state index contributed by atoms with van der Waals surface area (Å²) >= 11 is 0. The van der Waals surface area contributed by atoms with E-state index in [1.54, 1.807) is 24.4 Å². The van der Waals surface area contributed by atoms with Gasteiger partial charge in [-0.05, 0) is 43.5 Å². The van der Waals surface area contributed by atoms with E-state index < -0.39 is 0 Å². The fourth-order valence-corrected chi connectivity index (χ4v) is 3.16. The molecule has 0 amide bonds. The van der Waals surface area contributed by atoms with Crippen molar-refractivity contribution in [1.29, 1.82) is 0 Å². The number of nitrogens with zero attached hydrogens (tertiary/aromatic N) is 1. The number of fused-ring (bicyclic) bond motifs is 1. The Morgan fingerprint density at radius 1 is 0.933 bits per heavy atom. The largest absolute Gasteiger partial charge is 0.493 e. The highest BCUT2D eigenvalue weighted by Gasteiger charge is 2.21. The second kappa shape index (κ2) is 10.0. The molecule has 0 fully saturated rings. The van der Waals surface area contributed by atoms with Crippen molar-refractivity contribution in [2.24, 2.45) is 0 Å². The maximum atomic E-state index is 13.3. The summed E-state index contributed by atoms with van der Waals surface area (Å²) in [5.41, 5.74) is 7.49. The van der Waals surface area contributed by atoms with E-state index >= 15 is 0 Å². The van der Waals surface area contributed by atoms with Gasteiger partial charge in [-0.2, -0.15) is 0 Å². The summed E-state index contributed by atoms with van der Waals surface area (Å²) in [7, 11) is 3.03. The van der Waals surface area contributed by atoms with Crippen LogP contribution in [0, 0.1) is 0 Å². The summed E-state index contributed by atoms with van der Waals surface area (Å²) in [5, 5.41) is 1.35. The van der Waals surface area contributed by atoms with Crippen molar-refractivity contribution < 1.29 is 23.7 Å². The molecule has 0 radical (unpaired) electrons. The molecule has 0 unspecified atom stereocenters. The minimum atomic E-state index is -0.230. The van der Waals surface area contributed by atoms with Crippen LogP contribution in [0.3, 0.4) is 0 Å². The minimum absolute atomic E-state index is 0. The Kier molecular flexibility index (Phi) is 7.72. The standard InChI is InChI=1S/C22H24N2O5.ClH/c1-5-28-17-8-7-14-15(20(17)23)11-24-12-16(14)21(25)13-9-18(26-3)22(29-6-2)19(10-13)27-4;/h7-12H,5-6,23H2,1-4H3;1H. The van der Waals surface area contributed by atoms with Crippen molar-refractivity contribution in [1.82, 2.24) is 4.98 Å². The maximum absolute atomic E-state index is 13.3. The van der Waals surface area contributed by atoms with Crippen molar-refractivity contribution in [2.75, 3.05) is 33.2 Å². The third kappa shape index (κ3) is 4.21. The molecule has 1 heterocycles. The van der Waals surface area contributed by atoms with Crippen LogP contribution < -0.4 is 24.7 Å². The fourth-order valence-electron chi connectivity index (χ4n) is 3.16. The van der Waals surface area contributed by atoms with Crippen molar-refractivity contribution in [3.8, 4) is 23.0 Å². The second-order valence-electron chi connectivity index (χ2n) is 6.16. The molecule has 1 aromatic heterocycles. The van der Waals surface area contributed by atoms with E-state index in [2.05, 4.69) is 4.98 Å². The van der Waals surface area contributed by atoms with Gasteiger partial charge in [-0.1, -0.05) is 0 Å². The Hall–Kier alpha value is -3.19. The predicted octanol–water partition coefficient (Wildman–Crippen LogP) is 4.28. The van der Waals surface area contributed by atoms with Gasteiger partial charge >= 0.3 is 0 Å². The number of halogens is 1. The smallest absolute Gasteiger partial charge is 0.203 e. The Labute approximate surface area is 181 Å². The monoisotopic (exact) mass is 432 g/mol. The summed E-state index contributed by atoms with van der Waals surface area (Å²) in [4.78, 5) is 17.5. The van der Waals surface area contributed by atoms with E-state index in [1.165, 1.54) is 20.4 Å². The highest BCUT2D eigenvalue weighted by molar-refractivity contribution is 6.18. The zero-order valence-corrected chi connectivity index (χ0v) is 18.2. The summed E-state index contributed by atoms with van der Waals surface area (Å²) in [5.74, 6) is 1.62. The minimum Gasteiger partial charge on any atom is -0.493 e. The number of benzene rings is 2. The third-order valence-electron chi connectivity index (χ3n) is 4.50.